The molecule has 0 radical (unpaired) electrons. The van der Waals surface area contributed by atoms with Crippen LogP contribution < -0.4 is 0 Å². The molecule has 0 atom stereocenters. The molecule has 1 heterocycles. The highest BCUT2D eigenvalue weighted by Crippen LogP contribution is 2.08. The van der Waals surface area contributed by atoms with Gasteiger partial charge in [-0.2, -0.15) is 4.68 Å². The first-order chi connectivity index (χ1) is 9.70. The predicted molar refractivity (Wildman–Crippen MR) is 70.9 cm³/mol. The van der Waals surface area contributed by atoms with Crippen molar-refractivity contribution in [3.63, 3.8) is 0 Å². The number of aliphatic carboxylic acids is 1. The fourth-order valence-electron chi connectivity index (χ4n) is 1.76. The van der Waals surface area contributed by atoms with Gasteiger partial charge in [-0.3, -0.25) is 9.69 Å². The van der Waals surface area contributed by atoms with Gasteiger partial charge in [0.05, 0.1) is 25.3 Å². The van der Waals surface area contributed by atoms with Gasteiger partial charge in [0, 0.05) is 0 Å². The predicted octanol–water partition coefficient (Wildman–Crippen LogP) is 0.182. The lowest BCUT2D eigenvalue weighted by molar-refractivity contribution is -0.138. The minimum absolute atomic E-state index is 0.161. The normalized spacial score (nSPS) is 10.4. The SMILES string of the molecule is C#CCN(CC(=O)O)Cc1nnnn1-c1ccccc1. The molecule has 7 nitrogen and oxygen atoms in total. The number of carboxylic acid groups (broad SMARTS) is 1. The first kappa shape index (κ1) is 13.7. The quantitative estimate of drug-likeness (QED) is 0.755. The van der Waals surface area contributed by atoms with Gasteiger partial charge in [-0.05, 0) is 22.6 Å². The van der Waals surface area contributed by atoms with Crippen molar-refractivity contribution in [2.45, 2.75) is 6.54 Å². The molecule has 0 saturated carbocycles. The molecule has 20 heavy (non-hydrogen) atoms. The average Bonchev–Trinajstić information content (AvgIpc) is 2.87. The average molecular weight is 271 g/mol. The van der Waals surface area contributed by atoms with Crippen LogP contribution in [-0.2, 0) is 11.3 Å². The maximum atomic E-state index is 10.8. The third kappa shape index (κ3) is 3.40. The number of terminal acetylenes is 1. The van der Waals surface area contributed by atoms with E-state index < -0.39 is 5.97 Å². The molecule has 0 fully saturated rings. The van der Waals surface area contributed by atoms with Crippen LogP contribution in [0.25, 0.3) is 5.69 Å². The van der Waals surface area contributed by atoms with Gasteiger partial charge in [0.1, 0.15) is 0 Å². The lowest BCUT2D eigenvalue weighted by Gasteiger charge is -2.16. The van der Waals surface area contributed by atoms with Crippen LogP contribution in [0.1, 0.15) is 5.82 Å². The van der Waals surface area contributed by atoms with E-state index in [2.05, 4.69) is 21.4 Å². The van der Waals surface area contributed by atoms with Crippen molar-refractivity contribution in [3.05, 3.63) is 36.2 Å². The van der Waals surface area contributed by atoms with Crippen molar-refractivity contribution in [2.75, 3.05) is 13.1 Å². The summed E-state index contributed by atoms with van der Waals surface area (Å²) in [6.45, 7) is 0.318. The van der Waals surface area contributed by atoms with Crippen molar-refractivity contribution in [1.29, 1.82) is 0 Å². The van der Waals surface area contributed by atoms with E-state index in [4.69, 9.17) is 11.5 Å². The highest BCUT2D eigenvalue weighted by Gasteiger charge is 2.15. The minimum atomic E-state index is -0.945. The lowest BCUT2D eigenvalue weighted by Crippen LogP contribution is -2.30. The number of hydrogen-bond donors (Lipinski definition) is 1. The molecule has 2 aromatic rings. The Labute approximate surface area is 115 Å². The summed E-state index contributed by atoms with van der Waals surface area (Å²) in [5, 5.41) is 20.3. The molecule has 0 amide bonds. The van der Waals surface area contributed by atoms with Crippen LogP contribution in [0.5, 0.6) is 0 Å². The van der Waals surface area contributed by atoms with Crippen LogP contribution in [0, 0.1) is 12.3 Å². The monoisotopic (exact) mass is 271 g/mol. The van der Waals surface area contributed by atoms with Crippen LogP contribution in [0.2, 0.25) is 0 Å². The Kier molecular flexibility index (Phi) is 4.42. The van der Waals surface area contributed by atoms with E-state index in [9.17, 15) is 4.79 Å². The summed E-state index contributed by atoms with van der Waals surface area (Å²) in [6, 6.07) is 9.36. The minimum Gasteiger partial charge on any atom is -0.480 e. The molecular formula is C13H13N5O2. The van der Waals surface area contributed by atoms with Crippen molar-refractivity contribution >= 4 is 5.97 Å². The lowest BCUT2D eigenvalue weighted by atomic mass is 10.3. The Bertz CT molecular complexity index is 617. The van der Waals surface area contributed by atoms with Crippen LogP contribution in [0.4, 0.5) is 0 Å². The third-order valence-electron chi connectivity index (χ3n) is 2.57. The third-order valence-corrected chi connectivity index (χ3v) is 2.57. The van der Waals surface area contributed by atoms with Gasteiger partial charge >= 0.3 is 5.97 Å². The number of nitrogens with zero attached hydrogens (tertiary/aromatic N) is 5. The molecule has 7 heteroatoms. The highest BCUT2D eigenvalue weighted by atomic mass is 16.4. The van der Waals surface area contributed by atoms with E-state index in [-0.39, 0.29) is 19.6 Å². The molecule has 1 N–H and O–H groups in total. The van der Waals surface area contributed by atoms with Crippen molar-refractivity contribution in [3.8, 4) is 18.0 Å². The fourth-order valence-corrected chi connectivity index (χ4v) is 1.76. The largest absolute Gasteiger partial charge is 0.480 e. The summed E-state index contributed by atoms with van der Waals surface area (Å²) >= 11 is 0. The first-order valence-electron chi connectivity index (χ1n) is 5.91. The number of benzene rings is 1. The number of tetrazole rings is 1. The standard InChI is InChI=1S/C13H13N5O2/c1-2-8-17(10-13(19)20)9-12-14-15-16-18(12)11-6-4-3-5-7-11/h1,3-7H,8-10H2,(H,19,20). The second-order valence-corrected chi connectivity index (χ2v) is 4.09. The molecule has 0 aliphatic carbocycles. The van der Waals surface area contributed by atoms with Gasteiger partial charge in [-0.25, -0.2) is 0 Å². The maximum absolute atomic E-state index is 10.8. The van der Waals surface area contributed by atoms with Crippen LogP contribution in [0.3, 0.4) is 0 Å². The molecule has 102 valence electrons. The Balaban J connectivity index is 2.19. The van der Waals surface area contributed by atoms with Gasteiger partial charge in [-0.15, -0.1) is 11.5 Å². The van der Waals surface area contributed by atoms with Gasteiger partial charge in [-0.1, -0.05) is 24.1 Å². The van der Waals surface area contributed by atoms with Gasteiger partial charge < -0.3 is 5.11 Å². The summed E-state index contributed by atoms with van der Waals surface area (Å²) in [5.74, 6) is 2.02. The summed E-state index contributed by atoms with van der Waals surface area (Å²) in [7, 11) is 0. The number of para-hydroxylation sites is 1. The zero-order valence-electron chi connectivity index (χ0n) is 10.7. The Morgan fingerprint density at radius 3 is 2.80 bits per heavy atom. The van der Waals surface area contributed by atoms with Crippen LogP contribution in [-0.4, -0.2) is 49.3 Å². The molecule has 0 unspecified atom stereocenters. The molecule has 1 aromatic carbocycles. The summed E-state index contributed by atoms with van der Waals surface area (Å²) in [5.41, 5.74) is 0.809. The van der Waals surface area contributed by atoms with Crippen molar-refractivity contribution < 1.29 is 9.90 Å². The van der Waals surface area contributed by atoms with E-state index >= 15 is 0 Å². The summed E-state index contributed by atoms with van der Waals surface area (Å²) in [6.07, 6.45) is 5.24. The number of rotatable bonds is 6. The van der Waals surface area contributed by atoms with Crippen LogP contribution >= 0.6 is 0 Å². The second kappa shape index (κ2) is 6.45. The molecule has 2 rings (SSSR count). The van der Waals surface area contributed by atoms with Gasteiger partial charge in [0.25, 0.3) is 0 Å². The second-order valence-electron chi connectivity index (χ2n) is 4.09. The van der Waals surface area contributed by atoms with Crippen LogP contribution in [0.15, 0.2) is 30.3 Å². The molecule has 0 aliphatic rings. The van der Waals surface area contributed by atoms with E-state index in [1.54, 1.807) is 9.58 Å². The first-order valence-corrected chi connectivity index (χ1v) is 5.91. The topological polar surface area (TPSA) is 84.1 Å². The number of carbonyl (C=O) groups is 1. The van der Waals surface area contributed by atoms with Gasteiger partial charge in [0.2, 0.25) is 0 Å². The molecule has 0 bridgehead atoms. The molecule has 1 aromatic heterocycles. The zero-order chi connectivity index (χ0) is 14.4. The van der Waals surface area contributed by atoms with Crippen molar-refractivity contribution in [2.24, 2.45) is 0 Å². The Morgan fingerprint density at radius 2 is 2.15 bits per heavy atom. The summed E-state index contributed by atoms with van der Waals surface area (Å²) < 4.78 is 1.56. The number of aromatic nitrogens is 4. The molecule has 0 saturated heterocycles. The van der Waals surface area contributed by atoms with E-state index in [0.29, 0.717) is 5.82 Å². The van der Waals surface area contributed by atoms with E-state index in [0.717, 1.165) is 5.69 Å². The van der Waals surface area contributed by atoms with Gasteiger partial charge in [0.15, 0.2) is 5.82 Å². The molecule has 0 spiro atoms. The smallest absolute Gasteiger partial charge is 0.317 e. The Morgan fingerprint density at radius 1 is 1.40 bits per heavy atom. The zero-order valence-corrected chi connectivity index (χ0v) is 10.7. The van der Waals surface area contributed by atoms with E-state index in [1.807, 2.05) is 30.3 Å². The highest BCUT2D eigenvalue weighted by molar-refractivity contribution is 5.69. The van der Waals surface area contributed by atoms with E-state index in [1.165, 1.54) is 0 Å². The number of hydrogen-bond acceptors (Lipinski definition) is 5. The fraction of sp³-hybridized carbons (Fsp3) is 0.231. The maximum Gasteiger partial charge on any atom is 0.317 e. The van der Waals surface area contributed by atoms with Crippen molar-refractivity contribution in [1.82, 2.24) is 25.1 Å². The molecule has 0 aliphatic heterocycles. The number of carboxylic acids is 1. The Hall–Kier alpha value is -2.72. The summed E-state index contributed by atoms with van der Waals surface area (Å²) in [4.78, 5) is 12.4. The molecular weight excluding hydrogens is 258 g/mol.